The van der Waals surface area contributed by atoms with Crippen molar-refractivity contribution < 1.29 is 4.39 Å². The Bertz CT molecular complexity index is 905. The highest BCUT2D eigenvalue weighted by atomic mass is 32.2. The van der Waals surface area contributed by atoms with E-state index in [1.165, 1.54) is 30.3 Å². The van der Waals surface area contributed by atoms with Gasteiger partial charge in [-0.1, -0.05) is 18.2 Å². The highest BCUT2D eigenvalue weighted by molar-refractivity contribution is 7.98. The van der Waals surface area contributed by atoms with Gasteiger partial charge in [0.1, 0.15) is 17.4 Å². The summed E-state index contributed by atoms with van der Waals surface area (Å²) < 4.78 is 13.9. The third kappa shape index (κ3) is 3.81. The molecule has 1 atom stereocenters. The lowest BCUT2D eigenvalue weighted by molar-refractivity contribution is 0.152. The van der Waals surface area contributed by atoms with Crippen LogP contribution in [0.25, 0.3) is 11.3 Å². The Kier molecular flexibility index (Phi) is 5.74. The van der Waals surface area contributed by atoms with E-state index in [0.717, 1.165) is 24.9 Å². The quantitative estimate of drug-likeness (QED) is 0.656. The lowest BCUT2D eigenvalue weighted by atomic mass is 9.98. The second kappa shape index (κ2) is 8.02. The lowest BCUT2D eigenvalue weighted by Gasteiger charge is -2.33. The molecule has 3 rings (SSSR count). The van der Waals surface area contributed by atoms with Crippen LogP contribution in [0.5, 0.6) is 0 Å². The summed E-state index contributed by atoms with van der Waals surface area (Å²) in [4.78, 5) is 21.6. The maximum absolute atomic E-state index is 13.9. The summed E-state index contributed by atoms with van der Waals surface area (Å²) in [5.74, 6) is -0.332. The highest BCUT2D eigenvalue weighted by Gasteiger charge is 2.22. The van der Waals surface area contributed by atoms with Gasteiger partial charge in [-0.15, -0.1) is 0 Å². The van der Waals surface area contributed by atoms with Crippen LogP contribution in [0.2, 0.25) is 0 Å². The average molecular weight is 372 g/mol. The molecular weight excluding hydrogens is 351 g/mol. The summed E-state index contributed by atoms with van der Waals surface area (Å²) in [6.07, 6.45) is 5.25. The Morgan fingerprint density at radius 3 is 2.96 bits per heavy atom. The number of hydrogen-bond acceptors (Lipinski definition) is 5. The highest BCUT2D eigenvalue weighted by Crippen LogP contribution is 2.28. The van der Waals surface area contributed by atoms with E-state index in [2.05, 4.69) is 21.8 Å². The SMILES string of the molecule is CSc1nc(-c2ccc(F)cc2CN2CCCCC2C)c(C#N)c(=O)[nH]1. The second-order valence-electron chi connectivity index (χ2n) is 6.53. The largest absolute Gasteiger partial charge is 0.300 e. The standard InChI is InChI=1S/C19H21FN4OS/c1-12-5-3-4-8-24(12)11-13-9-14(20)6-7-15(13)17-16(10-21)18(25)23-19(22-17)26-2/h6-7,9,12H,3-5,8,11H2,1-2H3,(H,22,23,25). The Morgan fingerprint density at radius 1 is 1.46 bits per heavy atom. The number of benzene rings is 1. The zero-order valence-corrected chi connectivity index (χ0v) is 15.7. The van der Waals surface area contributed by atoms with Gasteiger partial charge >= 0.3 is 0 Å². The third-order valence-corrected chi connectivity index (χ3v) is 5.42. The number of nitriles is 1. The van der Waals surface area contributed by atoms with Crippen molar-refractivity contribution in [3.05, 3.63) is 45.5 Å². The molecule has 0 saturated carbocycles. The number of piperidine rings is 1. The number of hydrogen-bond donors (Lipinski definition) is 1. The lowest BCUT2D eigenvalue weighted by Crippen LogP contribution is -2.36. The predicted molar refractivity (Wildman–Crippen MR) is 100 cm³/mol. The molecule has 136 valence electrons. The van der Waals surface area contributed by atoms with E-state index in [1.807, 2.05) is 6.07 Å². The van der Waals surface area contributed by atoms with E-state index in [9.17, 15) is 14.4 Å². The molecule has 1 aliphatic heterocycles. The van der Waals surface area contributed by atoms with Gasteiger partial charge in [-0.25, -0.2) is 9.37 Å². The van der Waals surface area contributed by atoms with Crippen molar-refractivity contribution in [1.29, 1.82) is 5.26 Å². The van der Waals surface area contributed by atoms with Gasteiger partial charge in [0.2, 0.25) is 0 Å². The molecule has 1 fully saturated rings. The molecule has 5 nitrogen and oxygen atoms in total. The fraction of sp³-hybridized carbons (Fsp3) is 0.421. The number of halogens is 1. The number of rotatable bonds is 4. The molecule has 0 aliphatic carbocycles. The zero-order chi connectivity index (χ0) is 18.7. The van der Waals surface area contributed by atoms with Crippen LogP contribution < -0.4 is 5.56 Å². The van der Waals surface area contributed by atoms with Crippen molar-refractivity contribution in [2.24, 2.45) is 0 Å². The van der Waals surface area contributed by atoms with Crippen LogP contribution in [0.1, 0.15) is 37.3 Å². The van der Waals surface area contributed by atoms with Gasteiger partial charge in [-0.2, -0.15) is 5.26 Å². The minimum Gasteiger partial charge on any atom is -0.300 e. The number of thioether (sulfide) groups is 1. The monoisotopic (exact) mass is 372 g/mol. The van der Waals surface area contributed by atoms with Crippen LogP contribution in [0.4, 0.5) is 4.39 Å². The molecular formula is C19H21FN4OS. The molecule has 7 heteroatoms. The summed E-state index contributed by atoms with van der Waals surface area (Å²) in [5.41, 5.74) is 1.20. The van der Waals surface area contributed by atoms with Crippen LogP contribution in [0.15, 0.2) is 28.2 Å². The van der Waals surface area contributed by atoms with Crippen molar-refractivity contribution in [2.75, 3.05) is 12.8 Å². The summed E-state index contributed by atoms with van der Waals surface area (Å²) in [7, 11) is 0. The Morgan fingerprint density at radius 2 is 2.27 bits per heavy atom. The van der Waals surface area contributed by atoms with Gasteiger partial charge < -0.3 is 4.98 Å². The van der Waals surface area contributed by atoms with Crippen LogP contribution in [0.3, 0.4) is 0 Å². The molecule has 0 spiro atoms. The van der Waals surface area contributed by atoms with Crippen LogP contribution in [-0.4, -0.2) is 33.7 Å². The third-order valence-electron chi connectivity index (χ3n) is 4.84. The molecule has 2 heterocycles. The van der Waals surface area contributed by atoms with Gasteiger partial charge in [0.25, 0.3) is 5.56 Å². The van der Waals surface area contributed by atoms with Crippen molar-refractivity contribution in [2.45, 2.75) is 43.9 Å². The fourth-order valence-corrected chi connectivity index (χ4v) is 3.76. The second-order valence-corrected chi connectivity index (χ2v) is 7.32. The maximum Gasteiger partial charge on any atom is 0.270 e. The zero-order valence-electron chi connectivity index (χ0n) is 14.9. The summed E-state index contributed by atoms with van der Waals surface area (Å²) >= 11 is 1.30. The molecule has 1 unspecified atom stereocenters. The van der Waals surface area contributed by atoms with E-state index in [0.29, 0.717) is 29.0 Å². The Hall–Kier alpha value is -2.17. The van der Waals surface area contributed by atoms with Crippen LogP contribution >= 0.6 is 11.8 Å². The molecule has 1 saturated heterocycles. The van der Waals surface area contributed by atoms with E-state index < -0.39 is 5.56 Å². The van der Waals surface area contributed by atoms with E-state index in [-0.39, 0.29) is 11.4 Å². The molecule has 26 heavy (non-hydrogen) atoms. The summed E-state index contributed by atoms with van der Waals surface area (Å²) in [6, 6.07) is 6.82. The molecule has 1 N–H and O–H groups in total. The number of nitrogens with zero attached hydrogens (tertiary/aromatic N) is 3. The number of nitrogens with one attached hydrogen (secondary N) is 1. The molecule has 0 bridgehead atoms. The van der Waals surface area contributed by atoms with Gasteiger partial charge in [0, 0.05) is 18.2 Å². The number of aromatic amines is 1. The topological polar surface area (TPSA) is 72.8 Å². The molecule has 0 radical (unpaired) electrons. The first-order valence-electron chi connectivity index (χ1n) is 8.64. The first kappa shape index (κ1) is 18.6. The smallest absolute Gasteiger partial charge is 0.270 e. The normalized spacial score (nSPS) is 17.8. The Labute approximate surface area is 156 Å². The van der Waals surface area contributed by atoms with Gasteiger partial charge in [0.15, 0.2) is 5.16 Å². The summed E-state index contributed by atoms with van der Waals surface area (Å²) in [6.45, 7) is 3.71. The van der Waals surface area contributed by atoms with E-state index >= 15 is 0 Å². The van der Waals surface area contributed by atoms with E-state index in [1.54, 1.807) is 12.3 Å². The van der Waals surface area contributed by atoms with Crippen LogP contribution in [0, 0.1) is 17.1 Å². The molecule has 1 aromatic heterocycles. The summed E-state index contributed by atoms with van der Waals surface area (Å²) in [5, 5.41) is 9.87. The first-order valence-corrected chi connectivity index (χ1v) is 9.87. The van der Waals surface area contributed by atoms with Gasteiger partial charge in [-0.05, 0) is 56.3 Å². The minimum atomic E-state index is -0.469. The van der Waals surface area contributed by atoms with Crippen molar-refractivity contribution in [3.63, 3.8) is 0 Å². The number of aromatic nitrogens is 2. The number of likely N-dealkylation sites (tertiary alicyclic amines) is 1. The van der Waals surface area contributed by atoms with Crippen molar-refractivity contribution in [3.8, 4) is 17.3 Å². The fourth-order valence-electron chi connectivity index (χ4n) is 3.38. The van der Waals surface area contributed by atoms with Gasteiger partial charge in [0.05, 0.1) is 5.69 Å². The van der Waals surface area contributed by atoms with Crippen molar-refractivity contribution in [1.82, 2.24) is 14.9 Å². The molecule has 0 amide bonds. The minimum absolute atomic E-state index is 0.0395. The van der Waals surface area contributed by atoms with E-state index in [4.69, 9.17) is 0 Å². The molecule has 1 aliphatic rings. The average Bonchev–Trinajstić information content (AvgIpc) is 2.63. The van der Waals surface area contributed by atoms with Crippen LogP contribution in [-0.2, 0) is 6.54 Å². The van der Waals surface area contributed by atoms with Gasteiger partial charge in [-0.3, -0.25) is 9.69 Å². The Balaban J connectivity index is 2.10. The number of H-pyrrole nitrogens is 1. The van der Waals surface area contributed by atoms with Crippen molar-refractivity contribution >= 4 is 11.8 Å². The molecule has 2 aromatic rings. The predicted octanol–water partition coefficient (Wildman–Crippen LogP) is 3.54. The first-order chi connectivity index (χ1) is 12.5. The molecule has 1 aromatic carbocycles. The maximum atomic E-state index is 13.9.